The van der Waals surface area contributed by atoms with E-state index in [2.05, 4.69) is 31.6 Å². The Morgan fingerprint density at radius 2 is 1.95 bits per heavy atom. The summed E-state index contributed by atoms with van der Waals surface area (Å²) >= 11 is 0. The van der Waals surface area contributed by atoms with Gasteiger partial charge in [-0.25, -0.2) is 19.8 Å². The molecule has 3 aromatic rings. The van der Waals surface area contributed by atoms with Crippen LogP contribution in [0.4, 0.5) is 17.3 Å². The van der Waals surface area contributed by atoms with Gasteiger partial charge in [-0.1, -0.05) is 12.5 Å². The Bertz CT molecular complexity index is 1290. The predicted molar refractivity (Wildman–Crippen MR) is 149 cm³/mol. The van der Waals surface area contributed by atoms with Gasteiger partial charge in [-0.3, -0.25) is 0 Å². The van der Waals surface area contributed by atoms with Crippen LogP contribution in [0.2, 0.25) is 0 Å². The van der Waals surface area contributed by atoms with Crippen LogP contribution in [-0.4, -0.2) is 51.4 Å². The summed E-state index contributed by atoms with van der Waals surface area (Å²) in [6, 6.07) is 15.4. The minimum atomic E-state index is -0.982. The number of aliphatic imine (C=N–C) groups is 1. The van der Waals surface area contributed by atoms with Gasteiger partial charge in [-0.05, 0) is 79.8 Å². The number of hydrogen-bond donors (Lipinski definition) is 3. The third-order valence-corrected chi connectivity index (χ3v) is 6.40. The Morgan fingerprint density at radius 3 is 2.68 bits per heavy atom. The van der Waals surface area contributed by atoms with Crippen molar-refractivity contribution in [2.45, 2.75) is 45.1 Å². The maximum Gasteiger partial charge on any atom is 0.330 e. The molecule has 1 aromatic heterocycles. The predicted octanol–water partition coefficient (Wildman–Crippen LogP) is 5.30. The van der Waals surface area contributed by atoms with Crippen LogP contribution in [0, 0.1) is 18.3 Å². The smallest absolute Gasteiger partial charge is 0.330 e. The molecule has 1 fully saturated rings. The van der Waals surface area contributed by atoms with Gasteiger partial charge in [0.1, 0.15) is 5.84 Å². The number of nitrogens with zero attached hydrogens (tertiary/aromatic N) is 5. The molecular formula is C29H33N7O2. The third-order valence-electron chi connectivity index (χ3n) is 6.40. The van der Waals surface area contributed by atoms with Gasteiger partial charge in [0.2, 0.25) is 5.95 Å². The number of amidine groups is 1. The summed E-state index contributed by atoms with van der Waals surface area (Å²) < 4.78 is 0. The second kappa shape index (κ2) is 13.2. The largest absolute Gasteiger partial charge is 0.479 e. The minimum absolute atomic E-state index is 0.522. The fourth-order valence-corrected chi connectivity index (χ4v) is 4.55. The van der Waals surface area contributed by atoms with E-state index in [9.17, 15) is 9.90 Å². The van der Waals surface area contributed by atoms with Crippen LogP contribution in [0.3, 0.4) is 0 Å². The molecule has 1 atom stereocenters. The van der Waals surface area contributed by atoms with Crippen molar-refractivity contribution in [3.05, 3.63) is 77.6 Å². The molecule has 2 heterocycles. The van der Waals surface area contributed by atoms with E-state index < -0.39 is 12.0 Å². The van der Waals surface area contributed by atoms with Crippen molar-refractivity contribution in [2.75, 3.05) is 30.3 Å². The van der Waals surface area contributed by atoms with Crippen LogP contribution in [0.15, 0.2) is 65.9 Å². The van der Waals surface area contributed by atoms with Gasteiger partial charge in [0.15, 0.2) is 6.04 Å². The van der Waals surface area contributed by atoms with Gasteiger partial charge in [-0.15, -0.1) is 0 Å². The Hall–Kier alpha value is -4.45. The summed E-state index contributed by atoms with van der Waals surface area (Å²) in [5.41, 5.74) is 3.49. The quantitative estimate of drug-likeness (QED) is 0.313. The second-order valence-electron chi connectivity index (χ2n) is 9.39. The van der Waals surface area contributed by atoms with Crippen molar-refractivity contribution in [3.63, 3.8) is 0 Å². The van der Waals surface area contributed by atoms with Crippen molar-refractivity contribution in [1.82, 2.24) is 14.9 Å². The van der Waals surface area contributed by atoms with Crippen molar-refractivity contribution < 1.29 is 9.90 Å². The zero-order valence-electron chi connectivity index (χ0n) is 21.6. The molecule has 0 radical (unpaired) electrons. The number of nitriles is 1. The van der Waals surface area contributed by atoms with Crippen molar-refractivity contribution in [1.29, 1.82) is 5.26 Å². The minimum Gasteiger partial charge on any atom is -0.479 e. The highest BCUT2D eigenvalue weighted by atomic mass is 16.4. The fraction of sp³-hybridized carbons (Fsp3) is 0.345. The number of likely N-dealkylation sites (tertiary alicyclic amines) is 1. The summed E-state index contributed by atoms with van der Waals surface area (Å²) in [5.74, 6) is 0.693. The number of aromatic nitrogens is 2. The number of carbonyl (C=O) groups is 1. The molecule has 2 aromatic carbocycles. The highest BCUT2D eigenvalue weighted by Crippen LogP contribution is 2.27. The van der Waals surface area contributed by atoms with E-state index in [4.69, 9.17) is 10.3 Å². The Kier molecular flexibility index (Phi) is 9.24. The Balaban J connectivity index is 1.50. The number of rotatable bonds is 10. The lowest BCUT2D eigenvalue weighted by atomic mass is 10.0. The average molecular weight is 512 g/mol. The molecule has 0 spiro atoms. The number of carboxylic acid groups (broad SMARTS) is 1. The topological polar surface area (TPSA) is 127 Å². The summed E-state index contributed by atoms with van der Waals surface area (Å²) in [6.07, 6.45) is 8.64. The number of hydrogen-bond acceptors (Lipinski definition) is 7. The van der Waals surface area contributed by atoms with Gasteiger partial charge in [0.25, 0.3) is 0 Å². The third kappa shape index (κ3) is 7.53. The Labute approximate surface area is 223 Å². The number of anilines is 2. The molecule has 9 nitrogen and oxygen atoms in total. The molecule has 0 saturated carbocycles. The monoisotopic (exact) mass is 511 g/mol. The lowest BCUT2D eigenvalue weighted by Crippen LogP contribution is -2.32. The maximum absolute atomic E-state index is 12.2. The second-order valence-corrected chi connectivity index (χ2v) is 9.39. The van der Waals surface area contributed by atoms with Crippen molar-refractivity contribution in [2.24, 2.45) is 4.99 Å². The highest BCUT2D eigenvalue weighted by molar-refractivity contribution is 5.86. The van der Waals surface area contributed by atoms with Crippen LogP contribution in [0.25, 0.3) is 0 Å². The summed E-state index contributed by atoms with van der Waals surface area (Å²) in [7, 11) is 0. The van der Waals surface area contributed by atoms with Crippen LogP contribution < -0.4 is 10.6 Å². The molecule has 1 unspecified atom stereocenters. The molecule has 0 amide bonds. The van der Waals surface area contributed by atoms with E-state index in [0.717, 1.165) is 62.4 Å². The molecule has 1 aliphatic rings. The molecule has 1 aliphatic heterocycles. The molecule has 3 N–H and O–H groups in total. The normalized spacial score (nSPS) is 15.4. The van der Waals surface area contributed by atoms with Crippen LogP contribution in [-0.2, 0) is 4.79 Å². The molecule has 38 heavy (non-hydrogen) atoms. The highest BCUT2D eigenvalue weighted by Gasteiger charge is 2.21. The first-order chi connectivity index (χ1) is 18.5. The van der Waals surface area contributed by atoms with Crippen molar-refractivity contribution in [3.8, 4) is 6.07 Å². The number of aliphatic carboxylic acids is 1. The van der Waals surface area contributed by atoms with Gasteiger partial charge >= 0.3 is 5.97 Å². The number of aryl methyl sites for hydroxylation is 1. The standard InChI is InChI=1S/C29H33N7O2/c1-21-17-23(27(28(37)38)35-24-10-8-22(20-30)9-11-24)19-25(18-21)34-26-7-3-2-4-15-36(26)16-6-14-33-29-31-12-5-13-32-29/h5,8-13,17-19,27,35H,2-4,6-7,14-16H2,1H3,(H,37,38)(H,31,32,33). The van der Waals surface area contributed by atoms with E-state index in [-0.39, 0.29) is 0 Å². The molecule has 4 rings (SSSR count). The SMILES string of the molecule is Cc1cc(N=C2CCCCCN2CCCNc2ncccn2)cc(C(Nc2ccc(C#N)cc2)C(=O)O)c1. The number of carboxylic acids is 1. The first-order valence-corrected chi connectivity index (χ1v) is 13.0. The number of nitrogens with one attached hydrogen (secondary N) is 2. The zero-order valence-corrected chi connectivity index (χ0v) is 21.6. The zero-order chi connectivity index (χ0) is 26.7. The maximum atomic E-state index is 12.2. The van der Waals surface area contributed by atoms with E-state index in [1.807, 2.05) is 25.1 Å². The first kappa shape index (κ1) is 26.6. The Morgan fingerprint density at radius 1 is 1.16 bits per heavy atom. The molecule has 9 heteroatoms. The van der Waals surface area contributed by atoms with Gasteiger partial charge < -0.3 is 20.6 Å². The average Bonchev–Trinajstić information content (AvgIpc) is 3.15. The summed E-state index contributed by atoms with van der Waals surface area (Å²) in [6.45, 7) is 4.55. The van der Waals surface area contributed by atoms with E-state index in [1.54, 1.807) is 42.7 Å². The molecule has 1 saturated heterocycles. The van der Waals surface area contributed by atoms with Gasteiger partial charge in [0, 0.05) is 44.1 Å². The van der Waals surface area contributed by atoms with E-state index >= 15 is 0 Å². The fourth-order valence-electron chi connectivity index (χ4n) is 4.55. The summed E-state index contributed by atoms with van der Waals surface area (Å²) in [4.78, 5) is 28.0. The molecule has 196 valence electrons. The van der Waals surface area contributed by atoms with Crippen LogP contribution in [0.1, 0.15) is 54.8 Å². The summed E-state index contributed by atoms with van der Waals surface area (Å²) in [5, 5.41) is 25.4. The molecule has 0 aliphatic carbocycles. The molecule has 0 bridgehead atoms. The lowest BCUT2D eigenvalue weighted by molar-refractivity contribution is -0.138. The van der Waals surface area contributed by atoms with Crippen LogP contribution in [0.5, 0.6) is 0 Å². The van der Waals surface area contributed by atoms with E-state index in [1.165, 1.54) is 6.42 Å². The first-order valence-electron chi connectivity index (χ1n) is 13.0. The van der Waals surface area contributed by atoms with E-state index in [0.29, 0.717) is 22.8 Å². The van der Waals surface area contributed by atoms with Crippen LogP contribution >= 0.6 is 0 Å². The van der Waals surface area contributed by atoms with Crippen molar-refractivity contribution >= 4 is 29.1 Å². The lowest BCUT2D eigenvalue weighted by Gasteiger charge is -2.24. The van der Waals surface area contributed by atoms with Gasteiger partial charge in [0.05, 0.1) is 17.3 Å². The molecular weight excluding hydrogens is 478 g/mol. The number of benzene rings is 2. The van der Waals surface area contributed by atoms with Gasteiger partial charge in [-0.2, -0.15) is 5.26 Å².